The van der Waals surface area contributed by atoms with Gasteiger partial charge in [-0.25, -0.2) is 0 Å². The van der Waals surface area contributed by atoms with E-state index >= 15 is 0 Å². The van der Waals surface area contributed by atoms with E-state index in [0.29, 0.717) is 0 Å². The molecule has 54 heavy (non-hydrogen) atoms. The Kier molecular flexibility index (Phi) is 10.4. The number of rotatable bonds is 10. The molecule has 0 unspecified atom stereocenters. The summed E-state index contributed by atoms with van der Waals surface area (Å²) in [6, 6.07) is 73.1. The molecular formula is C54H40. The quantitative estimate of drug-likeness (QED) is 0.125. The summed E-state index contributed by atoms with van der Waals surface area (Å²) >= 11 is 0. The van der Waals surface area contributed by atoms with Crippen molar-refractivity contribution in [2.24, 2.45) is 0 Å². The van der Waals surface area contributed by atoms with Crippen molar-refractivity contribution in [2.45, 2.75) is 0 Å². The van der Waals surface area contributed by atoms with E-state index in [-0.39, 0.29) is 0 Å². The predicted molar refractivity (Wildman–Crippen MR) is 234 cm³/mol. The van der Waals surface area contributed by atoms with Crippen molar-refractivity contribution in [3.8, 4) is 0 Å². The van der Waals surface area contributed by atoms with Crippen LogP contribution < -0.4 is 0 Å². The zero-order valence-corrected chi connectivity index (χ0v) is 30.1. The van der Waals surface area contributed by atoms with Crippen molar-refractivity contribution in [2.75, 3.05) is 0 Å². The van der Waals surface area contributed by atoms with Crippen molar-refractivity contribution in [1.29, 1.82) is 0 Å². The van der Waals surface area contributed by atoms with Gasteiger partial charge in [0.1, 0.15) is 0 Å². The fraction of sp³-hybridized carbons (Fsp3) is 0. The Morgan fingerprint density at radius 3 is 0.833 bits per heavy atom. The first-order valence-corrected chi connectivity index (χ1v) is 18.5. The molecule has 0 spiro atoms. The van der Waals surface area contributed by atoms with Gasteiger partial charge in [-0.2, -0.15) is 0 Å². The van der Waals surface area contributed by atoms with Gasteiger partial charge in [0.25, 0.3) is 0 Å². The Morgan fingerprint density at radius 2 is 0.500 bits per heavy atom. The lowest BCUT2D eigenvalue weighted by molar-refractivity contribution is 1.54. The minimum atomic E-state index is 1.16. The minimum Gasteiger partial charge on any atom is -0.0622 e. The maximum absolute atomic E-state index is 2.31. The summed E-state index contributed by atoms with van der Waals surface area (Å²) in [4.78, 5) is 0. The molecule has 0 aromatic heterocycles. The molecule has 0 heteroatoms. The van der Waals surface area contributed by atoms with E-state index in [1.54, 1.807) is 0 Å². The maximum atomic E-state index is 2.31. The van der Waals surface area contributed by atoms with Crippen LogP contribution in [0.3, 0.4) is 0 Å². The third-order valence-electron chi connectivity index (χ3n) is 9.77. The fourth-order valence-corrected chi connectivity index (χ4v) is 6.96. The Morgan fingerprint density at radius 1 is 0.241 bits per heavy atom. The normalized spacial score (nSPS) is 11.2. The first-order valence-electron chi connectivity index (χ1n) is 18.5. The zero-order chi connectivity index (χ0) is 36.4. The van der Waals surface area contributed by atoms with Crippen LogP contribution in [0.2, 0.25) is 0 Å². The molecule has 256 valence electrons. The second-order valence-corrected chi connectivity index (χ2v) is 13.3. The second kappa shape index (κ2) is 16.5. The standard InChI is InChI=1S/C54H40/c1-5-21-43(22-6-1)53(44-23-7-2-8-24-44)39-49-31-15-13-19-41(49)33-35-51-37-47-29-17-18-30-48(47)38-52(51)36-34-42-20-14-16-32-50(42)40-54(45-25-9-3-10-26-45)46-27-11-4-12-28-46/h1-40H/b35-33+,36-34+. The third-order valence-corrected chi connectivity index (χ3v) is 9.77. The van der Waals surface area contributed by atoms with Crippen LogP contribution in [-0.2, 0) is 0 Å². The highest BCUT2D eigenvalue weighted by atomic mass is 14.1. The molecule has 0 bridgehead atoms. The Balaban J connectivity index is 1.19. The largest absolute Gasteiger partial charge is 0.0622 e. The average molecular weight is 689 g/mol. The summed E-state index contributed by atoms with van der Waals surface area (Å²) in [5.41, 5.74) is 14.2. The number of hydrogen-bond acceptors (Lipinski definition) is 0. The highest BCUT2D eigenvalue weighted by Crippen LogP contribution is 2.31. The van der Waals surface area contributed by atoms with Gasteiger partial charge >= 0.3 is 0 Å². The lowest BCUT2D eigenvalue weighted by Crippen LogP contribution is -1.90. The van der Waals surface area contributed by atoms with Gasteiger partial charge in [0.2, 0.25) is 0 Å². The first-order chi connectivity index (χ1) is 26.8. The molecule has 0 saturated carbocycles. The lowest BCUT2D eigenvalue weighted by Gasteiger charge is -2.11. The topological polar surface area (TPSA) is 0 Å². The van der Waals surface area contributed by atoms with Gasteiger partial charge in [-0.15, -0.1) is 0 Å². The minimum absolute atomic E-state index is 1.16. The van der Waals surface area contributed by atoms with E-state index in [4.69, 9.17) is 0 Å². The summed E-state index contributed by atoms with van der Waals surface area (Å²) in [6.07, 6.45) is 13.7. The molecule has 0 radical (unpaired) electrons. The second-order valence-electron chi connectivity index (χ2n) is 13.3. The smallest absolute Gasteiger partial charge is 0.0105 e. The molecule has 0 aliphatic carbocycles. The number of hydrogen-bond donors (Lipinski definition) is 0. The molecule has 0 atom stereocenters. The lowest BCUT2D eigenvalue weighted by atomic mass is 9.93. The summed E-state index contributed by atoms with van der Waals surface area (Å²) in [5, 5.41) is 2.44. The Labute approximate surface area is 319 Å². The predicted octanol–water partition coefficient (Wildman–Crippen LogP) is 14.4. The van der Waals surface area contributed by atoms with Crippen molar-refractivity contribution in [1.82, 2.24) is 0 Å². The highest BCUT2D eigenvalue weighted by molar-refractivity contribution is 5.96. The van der Waals surface area contributed by atoms with Crippen molar-refractivity contribution < 1.29 is 0 Å². The van der Waals surface area contributed by atoms with Crippen LogP contribution in [0.5, 0.6) is 0 Å². The van der Waals surface area contributed by atoms with E-state index < -0.39 is 0 Å². The summed E-state index contributed by atoms with van der Waals surface area (Å²) in [5.74, 6) is 0. The van der Waals surface area contributed by atoms with E-state index in [9.17, 15) is 0 Å². The SMILES string of the molecule is C(=C(c1ccccc1)c1ccccc1)c1ccccc1/C=C/c1cc2ccccc2cc1/C=C/c1ccccc1C=C(c1ccccc1)c1ccccc1. The Hall–Kier alpha value is -7.02. The van der Waals surface area contributed by atoms with E-state index in [1.165, 1.54) is 55.3 Å². The van der Waals surface area contributed by atoms with Crippen LogP contribution in [0.1, 0.15) is 55.6 Å². The number of benzene rings is 8. The van der Waals surface area contributed by atoms with Crippen LogP contribution in [0.15, 0.2) is 206 Å². The van der Waals surface area contributed by atoms with Gasteiger partial charge in [0.05, 0.1) is 0 Å². The van der Waals surface area contributed by atoms with Crippen molar-refractivity contribution >= 4 is 58.4 Å². The van der Waals surface area contributed by atoms with E-state index in [1.807, 2.05) is 0 Å². The number of fused-ring (bicyclic) bond motifs is 1. The van der Waals surface area contributed by atoms with Gasteiger partial charge in [-0.1, -0.05) is 218 Å². The molecule has 0 saturated heterocycles. The van der Waals surface area contributed by atoms with Crippen LogP contribution in [-0.4, -0.2) is 0 Å². The summed E-state index contributed by atoms with van der Waals surface area (Å²) < 4.78 is 0. The van der Waals surface area contributed by atoms with E-state index in [2.05, 4.69) is 243 Å². The van der Waals surface area contributed by atoms with Gasteiger partial charge in [-0.05, 0) is 102 Å². The maximum Gasteiger partial charge on any atom is -0.0105 e. The monoisotopic (exact) mass is 688 g/mol. The molecular weight excluding hydrogens is 649 g/mol. The first kappa shape index (κ1) is 34.1. The van der Waals surface area contributed by atoms with Crippen LogP contribution in [0.4, 0.5) is 0 Å². The van der Waals surface area contributed by atoms with Crippen molar-refractivity contribution in [3.05, 3.63) is 262 Å². The molecule has 0 nitrogen and oxygen atoms in total. The summed E-state index contributed by atoms with van der Waals surface area (Å²) in [6.45, 7) is 0. The molecule has 0 amide bonds. The van der Waals surface area contributed by atoms with Gasteiger partial charge < -0.3 is 0 Å². The molecule has 0 heterocycles. The van der Waals surface area contributed by atoms with Crippen molar-refractivity contribution in [3.63, 3.8) is 0 Å². The zero-order valence-electron chi connectivity index (χ0n) is 30.1. The average Bonchev–Trinajstić information content (AvgIpc) is 3.25. The Bertz CT molecular complexity index is 2340. The van der Waals surface area contributed by atoms with E-state index in [0.717, 1.165) is 22.3 Å². The molecule has 8 aromatic rings. The molecule has 0 aliphatic heterocycles. The van der Waals surface area contributed by atoms with Gasteiger partial charge in [0.15, 0.2) is 0 Å². The van der Waals surface area contributed by atoms with Crippen LogP contribution in [0, 0.1) is 0 Å². The molecule has 8 rings (SSSR count). The molecule has 8 aromatic carbocycles. The molecule has 0 N–H and O–H groups in total. The fourth-order valence-electron chi connectivity index (χ4n) is 6.96. The van der Waals surface area contributed by atoms with Crippen LogP contribution in [0.25, 0.3) is 58.4 Å². The summed E-state index contributed by atoms with van der Waals surface area (Å²) in [7, 11) is 0. The molecule has 0 aliphatic rings. The van der Waals surface area contributed by atoms with Gasteiger partial charge in [0, 0.05) is 0 Å². The van der Waals surface area contributed by atoms with Gasteiger partial charge in [-0.3, -0.25) is 0 Å². The third kappa shape index (κ3) is 8.05. The van der Waals surface area contributed by atoms with Crippen LogP contribution >= 0.6 is 0 Å². The molecule has 0 fully saturated rings. The highest BCUT2D eigenvalue weighted by Gasteiger charge is 2.09.